The second kappa shape index (κ2) is 6.86. The average molecular weight is 247 g/mol. The minimum atomic E-state index is 0.786. The van der Waals surface area contributed by atoms with Crippen LogP contribution in [0.2, 0.25) is 0 Å². The topological polar surface area (TPSA) is 28.2 Å². The van der Waals surface area contributed by atoms with Gasteiger partial charge in [0.25, 0.3) is 0 Å². The Bertz CT molecular complexity index is 341. The lowest BCUT2D eigenvalue weighted by Gasteiger charge is -2.26. The summed E-state index contributed by atoms with van der Waals surface area (Å²) in [5.41, 5.74) is 2.45. The molecule has 0 radical (unpaired) electrons. The molecule has 1 heterocycles. The van der Waals surface area contributed by atoms with Gasteiger partial charge in [-0.15, -0.1) is 0 Å². The Balaban J connectivity index is 1.93. The first kappa shape index (κ1) is 13.5. The van der Waals surface area contributed by atoms with E-state index in [4.69, 9.17) is 0 Å². The van der Waals surface area contributed by atoms with Gasteiger partial charge in [0.15, 0.2) is 0 Å². The highest BCUT2D eigenvalue weighted by atomic mass is 15.2. The summed E-state index contributed by atoms with van der Waals surface area (Å²) < 4.78 is 0. The lowest BCUT2D eigenvalue weighted by molar-refractivity contribution is 0.198. The summed E-state index contributed by atoms with van der Waals surface area (Å²) in [7, 11) is 1.97. The van der Waals surface area contributed by atoms with Crippen molar-refractivity contribution >= 4 is 0 Å². The van der Waals surface area contributed by atoms with Crippen LogP contribution >= 0.6 is 0 Å². The maximum absolute atomic E-state index is 4.57. The number of nitrogens with zero attached hydrogens (tertiary/aromatic N) is 2. The molecular weight excluding hydrogens is 222 g/mol. The van der Waals surface area contributed by atoms with Crippen molar-refractivity contribution < 1.29 is 0 Å². The number of pyridine rings is 1. The molecule has 1 aliphatic carbocycles. The summed E-state index contributed by atoms with van der Waals surface area (Å²) >= 11 is 0. The van der Waals surface area contributed by atoms with Gasteiger partial charge in [-0.2, -0.15) is 0 Å². The molecule has 1 aliphatic rings. The van der Waals surface area contributed by atoms with Crippen molar-refractivity contribution in [1.82, 2.24) is 15.2 Å². The standard InChI is InChI=1S/C15H25N3/c1-3-18(15-6-4-5-7-15)12-14-9-8-13(10-16-2)11-17-14/h8-9,11,15-16H,3-7,10,12H2,1-2H3. The summed E-state index contributed by atoms with van der Waals surface area (Å²) in [6.45, 7) is 5.28. The number of nitrogens with one attached hydrogen (secondary N) is 1. The Labute approximate surface area is 111 Å². The second-order valence-corrected chi connectivity index (χ2v) is 5.19. The van der Waals surface area contributed by atoms with Crippen LogP contribution in [0.1, 0.15) is 43.9 Å². The molecular formula is C15H25N3. The van der Waals surface area contributed by atoms with E-state index in [1.807, 2.05) is 13.2 Å². The van der Waals surface area contributed by atoms with Gasteiger partial charge >= 0.3 is 0 Å². The van der Waals surface area contributed by atoms with Crippen LogP contribution in [-0.2, 0) is 13.1 Å². The van der Waals surface area contributed by atoms with Crippen LogP contribution < -0.4 is 5.32 Å². The molecule has 1 saturated carbocycles. The Morgan fingerprint density at radius 2 is 2.11 bits per heavy atom. The van der Waals surface area contributed by atoms with Crippen molar-refractivity contribution in [3.05, 3.63) is 29.6 Å². The minimum absolute atomic E-state index is 0.786. The fourth-order valence-electron chi connectivity index (χ4n) is 2.83. The third-order valence-electron chi connectivity index (χ3n) is 3.88. The minimum Gasteiger partial charge on any atom is -0.316 e. The lowest BCUT2D eigenvalue weighted by Crippen LogP contribution is -2.32. The van der Waals surface area contributed by atoms with Gasteiger partial charge in [-0.3, -0.25) is 9.88 Å². The van der Waals surface area contributed by atoms with Crippen molar-refractivity contribution in [2.75, 3.05) is 13.6 Å². The van der Waals surface area contributed by atoms with Gasteiger partial charge in [-0.1, -0.05) is 25.8 Å². The fourth-order valence-corrected chi connectivity index (χ4v) is 2.83. The molecule has 1 aromatic heterocycles. The molecule has 2 rings (SSSR count). The molecule has 1 aromatic rings. The average Bonchev–Trinajstić information content (AvgIpc) is 2.92. The molecule has 0 atom stereocenters. The van der Waals surface area contributed by atoms with E-state index in [2.05, 4.69) is 34.3 Å². The first-order chi connectivity index (χ1) is 8.83. The monoisotopic (exact) mass is 247 g/mol. The molecule has 3 nitrogen and oxygen atoms in total. The lowest BCUT2D eigenvalue weighted by atomic mass is 10.2. The molecule has 0 bridgehead atoms. The third-order valence-corrected chi connectivity index (χ3v) is 3.88. The fraction of sp³-hybridized carbons (Fsp3) is 0.667. The predicted octanol–water partition coefficient (Wildman–Crippen LogP) is 2.57. The zero-order chi connectivity index (χ0) is 12.8. The molecule has 3 heteroatoms. The van der Waals surface area contributed by atoms with E-state index in [1.54, 1.807) is 0 Å². The molecule has 0 aromatic carbocycles. The number of rotatable bonds is 6. The highest BCUT2D eigenvalue weighted by Crippen LogP contribution is 2.24. The van der Waals surface area contributed by atoms with Crippen molar-refractivity contribution in [1.29, 1.82) is 0 Å². The number of hydrogen-bond donors (Lipinski definition) is 1. The van der Waals surface area contributed by atoms with E-state index < -0.39 is 0 Å². The number of hydrogen-bond acceptors (Lipinski definition) is 3. The van der Waals surface area contributed by atoms with E-state index in [1.165, 1.54) is 36.9 Å². The van der Waals surface area contributed by atoms with Crippen molar-refractivity contribution in [3.8, 4) is 0 Å². The van der Waals surface area contributed by atoms with Crippen molar-refractivity contribution in [2.24, 2.45) is 0 Å². The Morgan fingerprint density at radius 1 is 1.33 bits per heavy atom. The Morgan fingerprint density at radius 3 is 2.67 bits per heavy atom. The van der Waals surface area contributed by atoms with Crippen LogP contribution in [-0.4, -0.2) is 29.5 Å². The molecule has 0 aliphatic heterocycles. The van der Waals surface area contributed by atoms with Crippen molar-refractivity contribution in [3.63, 3.8) is 0 Å². The van der Waals surface area contributed by atoms with E-state index in [-0.39, 0.29) is 0 Å². The molecule has 0 spiro atoms. The van der Waals surface area contributed by atoms with Crippen LogP contribution in [0.5, 0.6) is 0 Å². The highest BCUT2D eigenvalue weighted by Gasteiger charge is 2.21. The molecule has 0 saturated heterocycles. The Kier molecular flexibility index (Phi) is 5.14. The largest absolute Gasteiger partial charge is 0.316 e. The third kappa shape index (κ3) is 3.53. The van der Waals surface area contributed by atoms with Crippen molar-refractivity contribution in [2.45, 2.75) is 51.7 Å². The van der Waals surface area contributed by atoms with Crippen LogP contribution in [0, 0.1) is 0 Å². The van der Waals surface area contributed by atoms with E-state index in [0.717, 1.165) is 25.7 Å². The molecule has 0 unspecified atom stereocenters. The highest BCUT2D eigenvalue weighted by molar-refractivity contribution is 5.14. The molecule has 18 heavy (non-hydrogen) atoms. The maximum Gasteiger partial charge on any atom is 0.0544 e. The molecule has 1 N–H and O–H groups in total. The molecule has 0 amide bonds. The normalized spacial score (nSPS) is 16.6. The summed E-state index contributed by atoms with van der Waals surface area (Å²) in [5.74, 6) is 0. The van der Waals surface area contributed by atoms with E-state index in [9.17, 15) is 0 Å². The van der Waals surface area contributed by atoms with E-state index >= 15 is 0 Å². The SMILES string of the molecule is CCN(Cc1ccc(CNC)cn1)C1CCCC1. The van der Waals surface area contributed by atoms with Crippen LogP contribution in [0.25, 0.3) is 0 Å². The first-order valence-electron chi connectivity index (χ1n) is 7.16. The van der Waals surface area contributed by atoms with Gasteiger partial charge in [0.05, 0.1) is 5.69 Å². The zero-order valence-electron chi connectivity index (χ0n) is 11.7. The second-order valence-electron chi connectivity index (χ2n) is 5.19. The van der Waals surface area contributed by atoms with Gasteiger partial charge in [0.1, 0.15) is 0 Å². The predicted molar refractivity (Wildman–Crippen MR) is 75.3 cm³/mol. The van der Waals surface area contributed by atoms with Gasteiger partial charge < -0.3 is 5.32 Å². The smallest absolute Gasteiger partial charge is 0.0544 e. The van der Waals surface area contributed by atoms with Gasteiger partial charge in [0, 0.05) is 25.3 Å². The van der Waals surface area contributed by atoms with E-state index in [0.29, 0.717) is 0 Å². The molecule has 1 fully saturated rings. The van der Waals surface area contributed by atoms with Gasteiger partial charge in [-0.25, -0.2) is 0 Å². The zero-order valence-corrected chi connectivity index (χ0v) is 11.7. The molecule has 100 valence electrons. The summed E-state index contributed by atoms with van der Waals surface area (Å²) in [6, 6.07) is 5.14. The summed E-state index contributed by atoms with van der Waals surface area (Å²) in [5, 5.41) is 3.15. The Hall–Kier alpha value is -0.930. The van der Waals surface area contributed by atoms with Crippen LogP contribution in [0.3, 0.4) is 0 Å². The number of aromatic nitrogens is 1. The summed E-state index contributed by atoms with van der Waals surface area (Å²) in [4.78, 5) is 7.15. The van der Waals surface area contributed by atoms with Crippen LogP contribution in [0.15, 0.2) is 18.3 Å². The van der Waals surface area contributed by atoms with Gasteiger partial charge in [-0.05, 0) is 38.1 Å². The quantitative estimate of drug-likeness (QED) is 0.837. The summed E-state index contributed by atoms with van der Waals surface area (Å²) in [6.07, 6.45) is 7.52. The van der Waals surface area contributed by atoms with Gasteiger partial charge in [0.2, 0.25) is 0 Å². The van der Waals surface area contributed by atoms with Crippen LogP contribution in [0.4, 0.5) is 0 Å². The maximum atomic E-state index is 4.57. The first-order valence-corrected chi connectivity index (χ1v) is 7.16.